The molecule has 1 aliphatic heterocycles. The summed E-state index contributed by atoms with van der Waals surface area (Å²) in [6.45, 7) is 0.853. The van der Waals surface area contributed by atoms with Gasteiger partial charge in [0.25, 0.3) is 0 Å². The molecule has 0 radical (unpaired) electrons. The Kier molecular flexibility index (Phi) is 2.60. The summed E-state index contributed by atoms with van der Waals surface area (Å²) >= 11 is 1.35. The Hall–Kier alpha value is -1.40. The van der Waals surface area contributed by atoms with E-state index in [1.165, 1.54) is 18.4 Å². The molecule has 2 aromatic rings. The third-order valence-corrected chi connectivity index (χ3v) is 3.84. The molecule has 1 N–H and O–H groups in total. The summed E-state index contributed by atoms with van der Waals surface area (Å²) in [6, 6.07) is 1.78. The van der Waals surface area contributed by atoms with Gasteiger partial charge in [-0.05, 0) is 12.5 Å². The zero-order valence-electron chi connectivity index (χ0n) is 9.36. The Morgan fingerprint density at radius 3 is 3.18 bits per heavy atom. The summed E-state index contributed by atoms with van der Waals surface area (Å²) in [5, 5.41) is 0. The molecule has 3 rings (SSSR count). The average Bonchev–Trinajstić information content (AvgIpc) is 2.79. The van der Waals surface area contributed by atoms with Gasteiger partial charge in [0.2, 0.25) is 0 Å². The van der Waals surface area contributed by atoms with Gasteiger partial charge >= 0.3 is 5.97 Å². The van der Waals surface area contributed by atoms with Crippen LogP contribution >= 0.6 is 11.3 Å². The van der Waals surface area contributed by atoms with E-state index in [0.717, 1.165) is 35.6 Å². The number of hydrogen-bond acceptors (Lipinski definition) is 5. The maximum Gasteiger partial charge on any atom is 0.348 e. The van der Waals surface area contributed by atoms with Crippen LogP contribution in [0.5, 0.6) is 0 Å². The number of fused-ring (bicyclic) bond motifs is 1. The minimum atomic E-state index is -0.315. The molecule has 90 valence electrons. The molecule has 5 nitrogen and oxygen atoms in total. The summed E-state index contributed by atoms with van der Waals surface area (Å²) in [5.41, 5.74) is 0.893. The van der Waals surface area contributed by atoms with Crippen LogP contribution in [0.4, 0.5) is 0 Å². The molecule has 0 aromatic carbocycles. The first kappa shape index (κ1) is 10.7. The Morgan fingerprint density at radius 2 is 2.59 bits per heavy atom. The number of rotatable bonds is 3. The van der Waals surface area contributed by atoms with Gasteiger partial charge in [-0.15, -0.1) is 11.3 Å². The van der Waals surface area contributed by atoms with Gasteiger partial charge in [-0.1, -0.05) is 0 Å². The first-order chi connectivity index (χ1) is 8.26. The van der Waals surface area contributed by atoms with Crippen molar-refractivity contribution in [2.24, 2.45) is 0 Å². The van der Waals surface area contributed by atoms with Gasteiger partial charge in [0, 0.05) is 13.0 Å². The molecule has 17 heavy (non-hydrogen) atoms. The zero-order valence-corrected chi connectivity index (χ0v) is 10.2. The minimum Gasteiger partial charge on any atom is -0.465 e. The van der Waals surface area contributed by atoms with E-state index in [1.54, 1.807) is 6.07 Å². The van der Waals surface area contributed by atoms with Crippen LogP contribution in [0.15, 0.2) is 6.07 Å². The van der Waals surface area contributed by atoms with E-state index in [2.05, 4.69) is 14.7 Å². The van der Waals surface area contributed by atoms with Gasteiger partial charge in [-0.3, -0.25) is 0 Å². The van der Waals surface area contributed by atoms with Crippen LogP contribution in [-0.2, 0) is 15.9 Å². The van der Waals surface area contributed by atoms with Crippen LogP contribution in [0.25, 0.3) is 10.3 Å². The fourth-order valence-corrected chi connectivity index (χ4v) is 2.75. The average molecular weight is 252 g/mol. The third-order valence-electron chi connectivity index (χ3n) is 2.83. The second-order valence-electron chi connectivity index (χ2n) is 3.99. The molecule has 1 aliphatic rings. The molecule has 0 spiro atoms. The molecule has 0 aliphatic carbocycles. The number of esters is 1. The second-order valence-corrected chi connectivity index (χ2v) is 5.02. The maximum atomic E-state index is 11.3. The van der Waals surface area contributed by atoms with Gasteiger partial charge in [0.15, 0.2) is 0 Å². The first-order valence-corrected chi connectivity index (χ1v) is 6.26. The number of hydrogen-bond donors (Lipinski definition) is 1. The van der Waals surface area contributed by atoms with Crippen LogP contribution in [0.2, 0.25) is 0 Å². The zero-order chi connectivity index (χ0) is 11.8. The molecule has 1 fully saturated rings. The van der Waals surface area contributed by atoms with Gasteiger partial charge < -0.3 is 14.5 Å². The monoisotopic (exact) mass is 252 g/mol. The van der Waals surface area contributed by atoms with Gasteiger partial charge in [0.1, 0.15) is 15.5 Å². The van der Waals surface area contributed by atoms with Crippen molar-refractivity contribution < 1.29 is 14.3 Å². The van der Waals surface area contributed by atoms with Crippen molar-refractivity contribution >= 4 is 27.7 Å². The van der Waals surface area contributed by atoms with E-state index in [9.17, 15) is 4.79 Å². The molecular weight excluding hydrogens is 240 g/mol. The van der Waals surface area contributed by atoms with Crippen LogP contribution in [-0.4, -0.2) is 35.8 Å². The van der Waals surface area contributed by atoms with Crippen LogP contribution in [0.3, 0.4) is 0 Å². The predicted octanol–water partition coefficient (Wildman–Crippen LogP) is 1.74. The fraction of sp³-hybridized carbons (Fsp3) is 0.455. The van der Waals surface area contributed by atoms with Gasteiger partial charge in [-0.2, -0.15) is 0 Å². The van der Waals surface area contributed by atoms with E-state index >= 15 is 0 Å². The lowest BCUT2D eigenvalue weighted by atomic mass is 10.1. The number of nitrogens with one attached hydrogen (secondary N) is 1. The predicted molar refractivity (Wildman–Crippen MR) is 63.4 cm³/mol. The Morgan fingerprint density at radius 1 is 1.76 bits per heavy atom. The summed E-state index contributed by atoms with van der Waals surface area (Å²) in [7, 11) is 1.38. The molecule has 0 bridgehead atoms. The van der Waals surface area contributed by atoms with Gasteiger partial charge in [-0.25, -0.2) is 9.78 Å². The SMILES string of the molecule is COC(=O)c1cc2[nH]c(CC3CCO3)nc2s1. The van der Waals surface area contributed by atoms with Crippen LogP contribution in [0.1, 0.15) is 21.9 Å². The highest BCUT2D eigenvalue weighted by atomic mass is 32.1. The van der Waals surface area contributed by atoms with E-state index in [1.807, 2.05) is 0 Å². The largest absolute Gasteiger partial charge is 0.465 e. The lowest BCUT2D eigenvalue weighted by Gasteiger charge is -2.25. The topological polar surface area (TPSA) is 64.2 Å². The summed E-state index contributed by atoms with van der Waals surface area (Å²) in [6.07, 6.45) is 2.21. The molecule has 2 aromatic heterocycles. The molecule has 6 heteroatoms. The molecule has 1 atom stereocenters. The highest BCUT2D eigenvalue weighted by Crippen LogP contribution is 2.25. The molecule has 1 saturated heterocycles. The summed E-state index contributed by atoms with van der Waals surface area (Å²) < 4.78 is 10.0. The number of aromatic amines is 1. The fourth-order valence-electron chi connectivity index (χ4n) is 1.82. The highest BCUT2D eigenvalue weighted by Gasteiger charge is 2.21. The molecule has 0 saturated carbocycles. The van der Waals surface area contributed by atoms with E-state index < -0.39 is 0 Å². The van der Waals surface area contributed by atoms with Crippen LogP contribution < -0.4 is 0 Å². The number of thiophene rings is 1. The van der Waals surface area contributed by atoms with Crippen LogP contribution in [0, 0.1) is 0 Å². The Bertz CT molecular complexity index is 525. The molecular formula is C11H12N2O3S. The number of ether oxygens (including phenoxy) is 2. The van der Waals surface area contributed by atoms with Crippen molar-refractivity contribution in [3.8, 4) is 0 Å². The second kappa shape index (κ2) is 4.12. The van der Waals surface area contributed by atoms with Crippen molar-refractivity contribution in [2.75, 3.05) is 13.7 Å². The normalized spacial score (nSPS) is 19.2. The van der Waals surface area contributed by atoms with Crippen molar-refractivity contribution in [2.45, 2.75) is 18.9 Å². The van der Waals surface area contributed by atoms with E-state index in [4.69, 9.17) is 4.74 Å². The molecule has 0 amide bonds. The van der Waals surface area contributed by atoms with E-state index in [0.29, 0.717) is 11.0 Å². The standard InChI is InChI=1S/C11H12N2O3S/c1-15-11(14)8-5-7-10(17-8)13-9(12-7)4-6-2-3-16-6/h5-6H,2-4H2,1H3,(H,12,13). The number of aromatic nitrogens is 2. The Balaban J connectivity index is 1.82. The summed E-state index contributed by atoms with van der Waals surface area (Å²) in [5.74, 6) is 0.609. The molecule has 1 unspecified atom stereocenters. The first-order valence-electron chi connectivity index (χ1n) is 5.44. The van der Waals surface area contributed by atoms with E-state index in [-0.39, 0.29) is 5.97 Å². The minimum absolute atomic E-state index is 0.301. The number of imidazole rings is 1. The van der Waals surface area contributed by atoms with Crippen molar-refractivity contribution in [1.29, 1.82) is 0 Å². The van der Waals surface area contributed by atoms with Gasteiger partial charge in [0.05, 0.1) is 18.7 Å². The number of carbonyl (C=O) groups is 1. The number of nitrogens with zero attached hydrogens (tertiary/aromatic N) is 1. The highest BCUT2D eigenvalue weighted by molar-refractivity contribution is 7.20. The van der Waals surface area contributed by atoms with Crippen molar-refractivity contribution in [3.63, 3.8) is 0 Å². The lowest BCUT2D eigenvalue weighted by molar-refractivity contribution is -0.0500. The quantitative estimate of drug-likeness (QED) is 0.845. The number of carbonyl (C=O) groups excluding carboxylic acids is 1. The Labute approximate surface area is 102 Å². The molecule has 3 heterocycles. The van der Waals surface area contributed by atoms with Crippen molar-refractivity contribution in [1.82, 2.24) is 9.97 Å². The number of methoxy groups -OCH3 is 1. The maximum absolute atomic E-state index is 11.3. The third kappa shape index (κ3) is 1.94. The summed E-state index contributed by atoms with van der Waals surface area (Å²) in [4.78, 5) is 20.4. The smallest absolute Gasteiger partial charge is 0.348 e. The van der Waals surface area contributed by atoms with Crippen molar-refractivity contribution in [3.05, 3.63) is 16.8 Å². The number of H-pyrrole nitrogens is 1. The lowest BCUT2D eigenvalue weighted by Crippen LogP contribution is -2.29.